The van der Waals surface area contributed by atoms with Gasteiger partial charge in [0.1, 0.15) is 0 Å². The van der Waals surface area contributed by atoms with Gasteiger partial charge in [-0.1, -0.05) is 45.0 Å². The highest BCUT2D eigenvalue weighted by Gasteiger charge is 2.14. The molecule has 21 heavy (non-hydrogen) atoms. The van der Waals surface area contributed by atoms with Crippen LogP contribution < -0.4 is 5.32 Å². The van der Waals surface area contributed by atoms with Crippen LogP contribution in [0.3, 0.4) is 0 Å². The van der Waals surface area contributed by atoms with Gasteiger partial charge < -0.3 is 10.2 Å². The third kappa shape index (κ3) is 6.60. The fourth-order valence-electron chi connectivity index (χ4n) is 2.64. The van der Waals surface area contributed by atoms with Crippen molar-refractivity contribution in [3.05, 3.63) is 35.4 Å². The Kier molecular flexibility index (Phi) is 7.94. The molecule has 1 aromatic rings. The summed E-state index contributed by atoms with van der Waals surface area (Å²) in [6.07, 6.45) is 0. The molecule has 3 nitrogen and oxygen atoms in total. The Balaban J connectivity index is 2.75. The molecule has 120 valence electrons. The van der Waals surface area contributed by atoms with Crippen LogP contribution in [-0.2, 0) is 13.1 Å². The predicted octanol–water partition coefficient (Wildman–Crippen LogP) is 2.96. The summed E-state index contributed by atoms with van der Waals surface area (Å²) in [4.78, 5) is 4.81. The molecule has 0 radical (unpaired) electrons. The molecule has 1 aromatic carbocycles. The van der Waals surface area contributed by atoms with Gasteiger partial charge in [-0.15, -0.1) is 0 Å². The Bertz CT molecular complexity index is 401. The van der Waals surface area contributed by atoms with E-state index < -0.39 is 0 Å². The summed E-state index contributed by atoms with van der Waals surface area (Å²) in [5.41, 5.74) is 2.86. The molecule has 0 aliphatic heterocycles. The number of benzene rings is 1. The molecule has 1 atom stereocenters. The Morgan fingerprint density at radius 3 is 2.19 bits per heavy atom. The van der Waals surface area contributed by atoms with E-state index >= 15 is 0 Å². The number of hydrogen-bond donors (Lipinski definition) is 1. The van der Waals surface area contributed by atoms with Crippen LogP contribution in [0.25, 0.3) is 0 Å². The zero-order chi connectivity index (χ0) is 15.8. The van der Waals surface area contributed by atoms with Crippen LogP contribution in [0.15, 0.2) is 24.3 Å². The van der Waals surface area contributed by atoms with Gasteiger partial charge >= 0.3 is 0 Å². The van der Waals surface area contributed by atoms with Crippen LogP contribution in [0.1, 0.15) is 38.8 Å². The SMILES string of the molecule is CCN(Cc1ccccc1CNC(C)C)C(C)CN(C)C. The van der Waals surface area contributed by atoms with Crippen LogP contribution in [0.4, 0.5) is 0 Å². The van der Waals surface area contributed by atoms with Crippen molar-refractivity contribution >= 4 is 0 Å². The van der Waals surface area contributed by atoms with Crippen LogP contribution in [0.2, 0.25) is 0 Å². The Labute approximate surface area is 131 Å². The molecule has 1 N–H and O–H groups in total. The quantitative estimate of drug-likeness (QED) is 0.754. The molecule has 0 fully saturated rings. The van der Waals surface area contributed by atoms with Crippen molar-refractivity contribution in [2.75, 3.05) is 27.2 Å². The molecule has 0 spiro atoms. The van der Waals surface area contributed by atoms with Crippen molar-refractivity contribution in [3.8, 4) is 0 Å². The van der Waals surface area contributed by atoms with Gasteiger partial charge in [0, 0.05) is 31.7 Å². The number of likely N-dealkylation sites (N-methyl/N-ethyl adjacent to an activating group) is 2. The van der Waals surface area contributed by atoms with Crippen molar-refractivity contribution in [1.82, 2.24) is 15.1 Å². The Morgan fingerprint density at radius 1 is 1.05 bits per heavy atom. The van der Waals surface area contributed by atoms with E-state index in [1.54, 1.807) is 0 Å². The molecule has 0 aromatic heterocycles. The lowest BCUT2D eigenvalue weighted by Crippen LogP contribution is -2.39. The fourth-order valence-corrected chi connectivity index (χ4v) is 2.64. The van der Waals surface area contributed by atoms with Crippen LogP contribution >= 0.6 is 0 Å². The molecule has 0 aliphatic rings. The molecule has 0 bridgehead atoms. The van der Waals surface area contributed by atoms with Crippen molar-refractivity contribution in [2.45, 2.75) is 52.9 Å². The van der Waals surface area contributed by atoms with Gasteiger partial charge in [-0.05, 0) is 38.7 Å². The lowest BCUT2D eigenvalue weighted by atomic mass is 10.1. The molecule has 0 heterocycles. The smallest absolute Gasteiger partial charge is 0.0240 e. The lowest BCUT2D eigenvalue weighted by Gasteiger charge is -2.30. The lowest BCUT2D eigenvalue weighted by molar-refractivity contribution is 0.174. The van der Waals surface area contributed by atoms with Gasteiger partial charge in [0.2, 0.25) is 0 Å². The monoisotopic (exact) mass is 291 g/mol. The predicted molar refractivity (Wildman–Crippen MR) is 92.5 cm³/mol. The first-order valence-electron chi connectivity index (χ1n) is 8.13. The van der Waals surface area contributed by atoms with Crippen LogP contribution in [-0.4, -0.2) is 49.1 Å². The van der Waals surface area contributed by atoms with Gasteiger partial charge in [0.15, 0.2) is 0 Å². The summed E-state index contributed by atoms with van der Waals surface area (Å²) in [7, 11) is 4.29. The second-order valence-corrected chi connectivity index (χ2v) is 6.48. The molecule has 1 rings (SSSR count). The average molecular weight is 291 g/mol. The number of rotatable bonds is 9. The van der Waals surface area contributed by atoms with Crippen molar-refractivity contribution < 1.29 is 0 Å². The second-order valence-electron chi connectivity index (χ2n) is 6.48. The minimum atomic E-state index is 0.521. The van der Waals surface area contributed by atoms with E-state index in [9.17, 15) is 0 Å². The number of nitrogens with one attached hydrogen (secondary N) is 1. The third-order valence-corrected chi connectivity index (χ3v) is 3.85. The third-order valence-electron chi connectivity index (χ3n) is 3.85. The van der Waals surface area contributed by atoms with Gasteiger partial charge in [-0.2, -0.15) is 0 Å². The average Bonchev–Trinajstić information content (AvgIpc) is 2.42. The molecular weight excluding hydrogens is 258 g/mol. The largest absolute Gasteiger partial charge is 0.310 e. The minimum absolute atomic E-state index is 0.521. The highest BCUT2D eigenvalue weighted by Crippen LogP contribution is 2.14. The molecule has 0 aliphatic carbocycles. The summed E-state index contributed by atoms with van der Waals surface area (Å²) in [5.74, 6) is 0. The van der Waals surface area contributed by atoms with Gasteiger partial charge in [0.05, 0.1) is 0 Å². The summed E-state index contributed by atoms with van der Waals surface area (Å²) in [6.45, 7) is 13.1. The zero-order valence-electron chi connectivity index (χ0n) is 14.7. The summed E-state index contributed by atoms with van der Waals surface area (Å²) < 4.78 is 0. The van der Waals surface area contributed by atoms with Crippen LogP contribution in [0, 0.1) is 0 Å². The van der Waals surface area contributed by atoms with E-state index in [1.165, 1.54) is 11.1 Å². The van der Waals surface area contributed by atoms with Crippen molar-refractivity contribution in [1.29, 1.82) is 0 Å². The molecule has 0 amide bonds. The highest BCUT2D eigenvalue weighted by atomic mass is 15.2. The first-order chi connectivity index (χ1) is 9.93. The number of nitrogens with zero attached hydrogens (tertiary/aromatic N) is 2. The maximum atomic E-state index is 3.53. The first kappa shape index (κ1) is 18.1. The van der Waals surface area contributed by atoms with E-state index in [1.807, 2.05) is 0 Å². The first-order valence-corrected chi connectivity index (χ1v) is 8.13. The van der Waals surface area contributed by atoms with E-state index in [0.717, 1.165) is 26.2 Å². The van der Waals surface area contributed by atoms with Gasteiger partial charge in [-0.3, -0.25) is 4.90 Å². The van der Waals surface area contributed by atoms with Gasteiger partial charge in [-0.25, -0.2) is 0 Å². The minimum Gasteiger partial charge on any atom is -0.310 e. The Morgan fingerprint density at radius 2 is 1.67 bits per heavy atom. The molecule has 1 unspecified atom stereocenters. The fraction of sp³-hybridized carbons (Fsp3) is 0.667. The topological polar surface area (TPSA) is 18.5 Å². The van der Waals surface area contributed by atoms with Crippen LogP contribution in [0.5, 0.6) is 0 Å². The maximum absolute atomic E-state index is 3.53. The zero-order valence-corrected chi connectivity index (χ0v) is 14.7. The standard InChI is InChI=1S/C18H33N3/c1-7-21(16(4)13-20(5)6)14-18-11-9-8-10-17(18)12-19-15(2)3/h8-11,15-16,19H,7,12-14H2,1-6H3. The molecule has 0 saturated carbocycles. The highest BCUT2D eigenvalue weighted by molar-refractivity contribution is 5.27. The van der Waals surface area contributed by atoms with Crippen molar-refractivity contribution in [3.63, 3.8) is 0 Å². The molecular formula is C18H33N3. The van der Waals surface area contributed by atoms with E-state index in [0.29, 0.717) is 12.1 Å². The summed E-state index contributed by atoms with van der Waals surface area (Å²) >= 11 is 0. The summed E-state index contributed by atoms with van der Waals surface area (Å²) in [5, 5.41) is 3.53. The van der Waals surface area contributed by atoms with E-state index in [2.05, 4.69) is 81.2 Å². The van der Waals surface area contributed by atoms with E-state index in [4.69, 9.17) is 0 Å². The van der Waals surface area contributed by atoms with Gasteiger partial charge in [0.25, 0.3) is 0 Å². The molecule has 0 saturated heterocycles. The molecule has 3 heteroatoms. The summed E-state index contributed by atoms with van der Waals surface area (Å²) in [6, 6.07) is 9.89. The number of hydrogen-bond acceptors (Lipinski definition) is 3. The van der Waals surface area contributed by atoms with E-state index in [-0.39, 0.29) is 0 Å². The maximum Gasteiger partial charge on any atom is 0.0240 e. The Hall–Kier alpha value is -0.900. The normalized spacial score (nSPS) is 13.4. The van der Waals surface area contributed by atoms with Crippen molar-refractivity contribution in [2.24, 2.45) is 0 Å². The second kappa shape index (κ2) is 9.19.